The summed E-state index contributed by atoms with van der Waals surface area (Å²) in [6.07, 6.45) is 10.8. The lowest BCUT2D eigenvalue weighted by molar-refractivity contribution is 0.102. The number of rotatable bonds is 20. The predicted molar refractivity (Wildman–Crippen MR) is 547 cm³/mol. The highest BCUT2D eigenvalue weighted by Crippen LogP contribution is 2.49. The number of halogens is 3. The van der Waals surface area contributed by atoms with Gasteiger partial charge in [0.15, 0.2) is 63.3 Å². The highest BCUT2D eigenvalue weighted by Gasteiger charge is 2.31. The number of hydrogen-bond acceptors (Lipinski definition) is 28. The van der Waals surface area contributed by atoms with Gasteiger partial charge in [0.05, 0.1) is 63.0 Å². The third kappa shape index (κ3) is 19.2. The van der Waals surface area contributed by atoms with E-state index in [1.807, 2.05) is 227 Å². The molecule has 734 valence electrons. The van der Waals surface area contributed by atoms with Crippen LogP contribution in [0.25, 0.3) is 84.9 Å². The van der Waals surface area contributed by atoms with Gasteiger partial charge in [-0.1, -0.05) is 60.1 Å². The third-order valence-electron chi connectivity index (χ3n) is 23.8. The first-order valence-electron chi connectivity index (χ1n) is 46.3. The number of imidazole rings is 5. The zero-order valence-electron chi connectivity index (χ0n) is 79.3. The zero-order valence-corrected chi connectivity index (χ0v) is 80.0. The molecule has 37 heteroatoms. The lowest BCUT2D eigenvalue weighted by Crippen LogP contribution is -2.18. The summed E-state index contributed by atoms with van der Waals surface area (Å²) in [5, 5.41) is 16.8. The summed E-state index contributed by atoms with van der Waals surface area (Å²) in [4.78, 5) is 49.7. The van der Waals surface area contributed by atoms with Crippen molar-refractivity contribution in [3.05, 3.63) is 320 Å². The Labute approximate surface area is 837 Å². The van der Waals surface area contributed by atoms with Crippen LogP contribution in [-0.4, -0.2) is 169 Å². The monoisotopic (exact) mass is 1980 g/mol. The number of nitrogens with one attached hydrogen (secondary N) is 5. The molecule has 146 heavy (non-hydrogen) atoms. The van der Waals surface area contributed by atoms with Gasteiger partial charge in [-0.05, 0) is 189 Å². The first-order valence-corrected chi connectivity index (χ1v) is 46.7. The molecule has 0 saturated carbocycles. The number of nitrogens with zero attached hydrogens (tertiary/aromatic N) is 13. The molecule has 0 atom stereocenters. The molecule has 0 bridgehead atoms. The molecule has 34 nitrogen and oxygen atoms in total. The average molecular weight is 1980 g/mol. The molecule has 0 fully saturated rings. The van der Waals surface area contributed by atoms with Crippen molar-refractivity contribution < 1.29 is 84.6 Å². The van der Waals surface area contributed by atoms with Crippen molar-refractivity contribution in [3.8, 4) is 143 Å². The second-order valence-electron chi connectivity index (χ2n) is 32.8. The molecule has 8 aromatic carbocycles. The van der Waals surface area contributed by atoms with E-state index in [2.05, 4.69) is 60.9 Å². The molecule has 20 aromatic rings. The average Bonchev–Trinajstić information content (AvgIpc) is 1.60. The Morgan fingerprint density at radius 1 is 0.322 bits per heavy atom. The van der Waals surface area contributed by atoms with Gasteiger partial charge in [0.2, 0.25) is 11.7 Å². The molecule has 0 saturated heterocycles. The minimum absolute atomic E-state index is 0.0809. The largest absolute Gasteiger partial charge is 0.496 e. The number of pyridine rings is 6. The molecule has 5 aliphatic heterocycles. The summed E-state index contributed by atoms with van der Waals surface area (Å²) in [7, 11) is 8.07. The van der Waals surface area contributed by atoms with Crippen molar-refractivity contribution in [2.24, 2.45) is 0 Å². The van der Waals surface area contributed by atoms with Crippen LogP contribution in [0, 0.1) is 18.6 Å². The van der Waals surface area contributed by atoms with Gasteiger partial charge in [-0.25, -0.2) is 43.1 Å². The number of carbonyl (C=O) groups excluding carboxylic acids is 1. The maximum absolute atomic E-state index is 14.8. The maximum Gasteiger partial charge on any atom is 0.256 e. The first-order chi connectivity index (χ1) is 71.7. The van der Waals surface area contributed by atoms with Crippen LogP contribution in [0.15, 0.2) is 292 Å². The number of hydrogen-bond donors (Lipinski definition) is 5. The molecule has 12 aromatic heterocycles. The number of carbonyl (C=O) groups is 1. The van der Waals surface area contributed by atoms with Crippen molar-refractivity contribution in [3.63, 3.8) is 0 Å². The Morgan fingerprint density at radius 2 is 0.726 bits per heavy atom. The van der Waals surface area contributed by atoms with Crippen LogP contribution in [0.4, 0.5) is 60.6 Å². The molecule has 0 spiro atoms. The highest BCUT2D eigenvalue weighted by molar-refractivity contribution is 6.33. The number of benzene rings is 8. The van der Waals surface area contributed by atoms with E-state index in [4.69, 9.17) is 92.6 Å². The Balaban J connectivity index is 0.000000107. The summed E-state index contributed by atoms with van der Waals surface area (Å²) < 4.78 is 123. The second-order valence-corrected chi connectivity index (χ2v) is 33.2. The molecular weight excluding hydrogens is 1890 g/mol. The molecule has 25 rings (SSSR count). The number of anilines is 9. The molecule has 1 amide bonds. The van der Waals surface area contributed by atoms with Gasteiger partial charge < -0.3 is 97.6 Å². The van der Waals surface area contributed by atoms with E-state index < -0.39 is 17.5 Å². The van der Waals surface area contributed by atoms with E-state index in [0.29, 0.717) is 152 Å². The van der Waals surface area contributed by atoms with Gasteiger partial charge in [-0.15, -0.1) is 0 Å². The number of aromatic nitrogens is 13. The summed E-state index contributed by atoms with van der Waals surface area (Å²) in [6.45, 7) is 7.27. The summed E-state index contributed by atoms with van der Waals surface area (Å²) >= 11 is 6.31. The van der Waals surface area contributed by atoms with E-state index in [9.17, 15) is 13.6 Å². The van der Waals surface area contributed by atoms with Crippen molar-refractivity contribution in [1.29, 1.82) is 0 Å². The molecular formula is C109H91ClF2N18O16. The molecule has 0 unspecified atom stereocenters. The normalized spacial score (nSPS) is 12.7. The minimum Gasteiger partial charge on any atom is -0.496 e. The quantitative estimate of drug-likeness (QED) is 0.0473. The molecule has 17 heterocycles. The first kappa shape index (κ1) is 93.6. The van der Waals surface area contributed by atoms with Crippen LogP contribution < -0.4 is 97.6 Å². The Morgan fingerprint density at radius 3 is 1.23 bits per heavy atom. The van der Waals surface area contributed by atoms with Gasteiger partial charge in [0, 0.05) is 95.5 Å². The fraction of sp³-hybridized carbons (Fsp3) is 0.147. The Bertz CT molecular complexity index is 8210. The summed E-state index contributed by atoms with van der Waals surface area (Å²) in [5.74, 6) is 12.4. The standard InChI is InChI=1S/C24H23N3O4.C23H17ClFN3O4.C23H21N3O4.C20H15FN4O2.C19H15N5O2/c1-15-6-4-9-21-26-23(22-18(28-2)7-5-8-19(22)29-3)24(27(15)21)25-16-10-11-17-20(14-16)31-13-12-30-17;1-30-19-7-3-6-18-26-21(20-14(24)4-2-5-15(20)25)22(28(18)19)27-23(29)13-8-9-16-17(12-13)32-11-10-31-16;1-27-17-6-5-7-18(28-2)21(17)22-23(26-11-4-3-8-20(26)25-22)24-15-9-10-16-19(14-15)30-13-12-29-16;21-14-4-3-8-22-18(14)19-20(25-9-2-1-5-17(25)24-19)23-13-6-7-15-16(12-13)27-11-10-26-15;1-2-7-20-14(4-1)17-18(24-9-3-8-21-19(24)23-17)22-13-5-6-15-16(12-13)26-11-10-25-15/h4-11,14,25H,12-13H2,1-3H3;2-9,12H,10-11H2,1H3,(H,27,29);3-11,14,24H,12-13H2,1-2H3;1-9,12,23H,10-11H2;1-9,12,22H,10-11H2. The van der Waals surface area contributed by atoms with Gasteiger partial charge >= 0.3 is 0 Å². The van der Waals surface area contributed by atoms with Gasteiger partial charge in [-0.3, -0.25) is 32.4 Å². The number of fused-ring (bicyclic) bond motifs is 10. The number of ether oxygens (including phenoxy) is 15. The van der Waals surface area contributed by atoms with Crippen LogP contribution in [0.3, 0.4) is 0 Å². The minimum atomic E-state index is -0.560. The van der Waals surface area contributed by atoms with E-state index in [1.165, 1.54) is 25.3 Å². The molecule has 0 radical (unpaired) electrons. The lowest BCUT2D eigenvalue weighted by Gasteiger charge is -2.19. The summed E-state index contributed by atoms with van der Waals surface area (Å²) in [5.41, 5.74) is 13.0. The van der Waals surface area contributed by atoms with Crippen molar-refractivity contribution in [1.82, 2.24) is 61.9 Å². The fourth-order valence-electron chi connectivity index (χ4n) is 17.2. The van der Waals surface area contributed by atoms with Gasteiger partial charge in [-0.2, -0.15) is 0 Å². The Kier molecular flexibility index (Phi) is 26.9. The van der Waals surface area contributed by atoms with E-state index in [0.717, 1.165) is 126 Å². The van der Waals surface area contributed by atoms with E-state index >= 15 is 0 Å². The van der Waals surface area contributed by atoms with Crippen LogP contribution in [0.1, 0.15) is 16.1 Å². The third-order valence-corrected chi connectivity index (χ3v) is 24.1. The van der Waals surface area contributed by atoms with Crippen molar-refractivity contribution in [2.75, 3.05) is 128 Å². The zero-order chi connectivity index (χ0) is 99.7. The lowest BCUT2D eigenvalue weighted by atomic mass is 10.1. The molecule has 5 aliphatic rings. The smallest absolute Gasteiger partial charge is 0.256 e. The number of amides is 1. The fourth-order valence-corrected chi connectivity index (χ4v) is 17.4. The highest BCUT2D eigenvalue weighted by atomic mass is 35.5. The summed E-state index contributed by atoms with van der Waals surface area (Å²) in [6, 6.07) is 76.9. The SMILES string of the molecule is COc1cccc(OC)c1-c1nc2cccc(C)n2c1Nc1ccc2c(c1)OCCO2.COc1cccc(OC)c1-c1nc2ccccn2c1Nc1ccc2c(c1)OCCO2.COc1cccc2nc(-c3c(F)cccc3Cl)c(NC(=O)c3ccc4c(c3)OCCO4)n12.Fc1cccnc1-c1nc2ccccn2c1Nc1ccc2c(c1)OCCO2.c1ccc(-c2nc3ncccn3c2Nc2ccc3c(c2)OCCO3)nc1. The number of aryl methyl sites for hydroxylation is 1. The molecule has 5 N–H and O–H groups in total. The van der Waals surface area contributed by atoms with Crippen LogP contribution in [-0.2, 0) is 0 Å². The number of methoxy groups -OCH3 is 5. The second kappa shape index (κ2) is 42.0. The van der Waals surface area contributed by atoms with E-state index in [1.54, 1.807) is 100.0 Å². The van der Waals surface area contributed by atoms with Crippen molar-refractivity contribution >= 4 is 97.7 Å². The van der Waals surface area contributed by atoms with Crippen molar-refractivity contribution in [2.45, 2.75) is 6.92 Å². The van der Waals surface area contributed by atoms with E-state index in [-0.39, 0.29) is 27.8 Å². The topological polar surface area (TPSA) is 341 Å². The van der Waals surface area contributed by atoms with Gasteiger partial charge in [0.1, 0.15) is 181 Å². The maximum atomic E-state index is 14.8. The van der Waals surface area contributed by atoms with Gasteiger partial charge in [0.25, 0.3) is 5.91 Å². The molecule has 0 aliphatic carbocycles. The van der Waals surface area contributed by atoms with Crippen LogP contribution in [0.2, 0.25) is 5.02 Å². The van der Waals surface area contributed by atoms with Crippen LogP contribution in [0.5, 0.6) is 86.4 Å². The Hall–Kier alpha value is -18.7. The van der Waals surface area contributed by atoms with Crippen LogP contribution >= 0.6 is 11.6 Å². The predicted octanol–water partition coefficient (Wildman–Crippen LogP) is 21.6.